The van der Waals surface area contributed by atoms with E-state index in [0.717, 1.165) is 0 Å². The molecule has 0 rings (SSSR count). The summed E-state index contributed by atoms with van der Waals surface area (Å²) in [6, 6.07) is 0. The second-order valence-electron chi connectivity index (χ2n) is 2.66. The van der Waals surface area contributed by atoms with Crippen molar-refractivity contribution in [2.75, 3.05) is 7.11 Å². The van der Waals surface area contributed by atoms with Crippen LogP contribution < -0.4 is 0 Å². The molecule has 0 amide bonds. The number of carbonyl (C=O) groups is 2. The Morgan fingerprint density at radius 2 is 2.00 bits per heavy atom. The van der Waals surface area contributed by atoms with Crippen LogP contribution in [0.2, 0.25) is 0 Å². The van der Waals surface area contributed by atoms with E-state index in [1.54, 1.807) is 6.92 Å². The lowest BCUT2D eigenvalue weighted by Crippen LogP contribution is -2.13. The summed E-state index contributed by atoms with van der Waals surface area (Å²) in [5.41, 5.74) is 0. The summed E-state index contributed by atoms with van der Waals surface area (Å²) in [6.45, 7) is 3.28. The molecule has 1 atom stereocenters. The zero-order valence-electron chi connectivity index (χ0n) is 7.22. The highest BCUT2D eigenvalue weighted by Gasteiger charge is 2.12. The maximum absolute atomic E-state index is 10.8. The molecule has 0 fully saturated rings. The minimum Gasteiger partial charge on any atom is -0.469 e. The molecule has 0 saturated carbocycles. The Morgan fingerprint density at radius 3 is 2.36 bits per heavy atom. The largest absolute Gasteiger partial charge is 0.469 e. The fourth-order valence-corrected chi connectivity index (χ4v) is 0.739. The van der Waals surface area contributed by atoms with Gasteiger partial charge in [-0.15, -0.1) is 0 Å². The Bertz CT molecular complexity index is 151. The average molecular weight is 158 g/mol. The van der Waals surface area contributed by atoms with Gasteiger partial charge in [-0.05, 0) is 13.3 Å². The summed E-state index contributed by atoms with van der Waals surface area (Å²) in [4.78, 5) is 21.3. The predicted molar refractivity (Wildman–Crippen MR) is 41.1 cm³/mol. The number of rotatable bonds is 4. The van der Waals surface area contributed by atoms with E-state index in [2.05, 4.69) is 4.74 Å². The zero-order chi connectivity index (χ0) is 8.85. The first-order chi connectivity index (χ1) is 5.07. The Kier molecular flexibility index (Phi) is 4.50. The van der Waals surface area contributed by atoms with E-state index < -0.39 is 0 Å². The van der Waals surface area contributed by atoms with Gasteiger partial charge in [-0.25, -0.2) is 0 Å². The van der Waals surface area contributed by atoms with Crippen molar-refractivity contribution in [2.45, 2.75) is 26.7 Å². The first kappa shape index (κ1) is 10.1. The van der Waals surface area contributed by atoms with Crippen molar-refractivity contribution in [3.63, 3.8) is 0 Å². The molecule has 3 nitrogen and oxygen atoms in total. The summed E-state index contributed by atoms with van der Waals surface area (Å²) in [7, 11) is 1.35. The van der Waals surface area contributed by atoms with Crippen molar-refractivity contribution in [1.82, 2.24) is 0 Å². The van der Waals surface area contributed by atoms with E-state index in [1.165, 1.54) is 14.0 Å². The van der Waals surface area contributed by atoms with Crippen molar-refractivity contribution in [3.05, 3.63) is 0 Å². The number of ether oxygens (including phenoxy) is 1. The number of hydrogen-bond acceptors (Lipinski definition) is 3. The predicted octanol–water partition coefficient (Wildman–Crippen LogP) is 1.16. The summed E-state index contributed by atoms with van der Waals surface area (Å²) in [5.74, 6) is -0.295. The van der Waals surface area contributed by atoms with Gasteiger partial charge in [0.2, 0.25) is 0 Å². The molecule has 0 heterocycles. The highest BCUT2D eigenvalue weighted by Crippen LogP contribution is 2.06. The summed E-state index contributed by atoms with van der Waals surface area (Å²) in [6.07, 6.45) is 1.04. The fraction of sp³-hybridized carbons (Fsp3) is 0.750. The maximum Gasteiger partial charge on any atom is 0.308 e. The van der Waals surface area contributed by atoms with Crippen molar-refractivity contribution in [1.29, 1.82) is 0 Å². The molecule has 64 valence electrons. The molecule has 0 aromatic carbocycles. The lowest BCUT2D eigenvalue weighted by atomic mass is 10.0. The molecule has 0 aliphatic rings. The van der Waals surface area contributed by atoms with Crippen molar-refractivity contribution in [3.8, 4) is 0 Å². The van der Waals surface area contributed by atoms with Crippen LogP contribution in [0.15, 0.2) is 0 Å². The van der Waals surface area contributed by atoms with Gasteiger partial charge in [0.15, 0.2) is 0 Å². The number of carbonyl (C=O) groups excluding carboxylic acids is 2. The van der Waals surface area contributed by atoms with Crippen LogP contribution in [0.3, 0.4) is 0 Å². The number of hydrogen-bond donors (Lipinski definition) is 0. The van der Waals surface area contributed by atoms with E-state index in [4.69, 9.17) is 0 Å². The van der Waals surface area contributed by atoms with Crippen molar-refractivity contribution in [2.24, 2.45) is 5.92 Å². The molecule has 0 N–H and O–H groups in total. The number of ketones is 1. The third-order valence-electron chi connectivity index (χ3n) is 1.53. The molecular weight excluding hydrogens is 144 g/mol. The van der Waals surface area contributed by atoms with Gasteiger partial charge in [-0.2, -0.15) is 0 Å². The Balaban J connectivity index is 3.60. The highest BCUT2D eigenvalue weighted by atomic mass is 16.5. The molecule has 3 heteroatoms. The van der Waals surface area contributed by atoms with Crippen LogP contribution in [0.5, 0.6) is 0 Å². The van der Waals surface area contributed by atoms with Crippen LogP contribution in [-0.4, -0.2) is 18.9 Å². The maximum atomic E-state index is 10.8. The smallest absolute Gasteiger partial charge is 0.308 e. The quantitative estimate of drug-likeness (QED) is 0.577. The molecule has 0 saturated heterocycles. The topological polar surface area (TPSA) is 43.4 Å². The number of Topliss-reactive ketones (excluding diaryl/α,β-unsaturated/α-hetero) is 1. The molecule has 1 unspecified atom stereocenters. The van der Waals surface area contributed by atoms with Crippen LogP contribution >= 0.6 is 0 Å². The Labute approximate surface area is 66.7 Å². The first-order valence-corrected chi connectivity index (χ1v) is 3.65. The van der Waals surface area contributed by atoms with Gasteiger partial charge in [-0.1, -0.05) is 6.92 Å². The minimum absolute atomic E-state index is 0.112. The van der Waals surface area contributed by atoms with Gasteiger partial charge in [-0.3, -0.25) is 4.79 Å². The Hall–Kier alpha value is -0.860. The van der Waals surface area contributed by atoms with Crippen LogP contribution in [0, 0.1) is 5.92 Å². The van der Waals surface area contributed by atoms with Crippen LogP contribution in [0.25, 0.3) is 0 Å². The molecule has 0 aliphatic heterocycles. The number of esters is 1. The van der Waals surface area contributed by atoms with Crippen molar-refractivity contribution >= 4 is 11.8 Å². The lowest BCUT2D eigenvalue weighted by molar-refractivity contribution is -0.145. The van der Waals surface area contributed by atoms with E-state index in [0.29, 0.717) is 12.8 Å². The fourth-order valence-electron chi connectivity index (χ4n) is 0.739. The second kappa shape index (κ2) is 4.88. The molecular formula is C8H14O3. The standard InChI is InChI=1S/C8H14O3/c1-6(8(10)11-3)4-5-7(2)9/h6H,4-5H2,1-3H3. The van der Waals surface area contributed by atoms with Gasteiger partial charge in [0.05, 0.1) is 13.0 Å². The average Bonchev–Trinajstić information content (AvgIpc) is 1.98. The minimum atomic E-state index is -0.244. The van der Waals surface area contributed by atoms with Gasteiger partial charge in [0.25, 0.3) is 0 Å². The first-order valence-electron chi connectivity index (χ1n) is 3.65. The third-order valence-corrected chi connectivity index (χ3v) is 1.53. The molecule has 0 radical (unpaired) electrons. The molecule has 0 aromatic heterocycles. The van der Waals surface area contributed by atoms with E-state index in [1.807, 2.05) is 0 Å². The molecule has 11 heavy (non-hydrogen) atoms. The van der Waals surface area contributed by atoms with E-state index >= 15 is 0 Å². The van der Waals surface area contributed by atoms with E-state index in [-0.39, 0.29) is 17.7 Å². The van der Waals surface area contributed by atoms with Crippen LogP contribution in [0.4, 0.5) is 0 Å². The van der Waals surface area contributed by atoms with Crippen molar-refractivity contribution < 1.29 is 14.3 Å². The van der Waals surface area contributed by atoms with Gasteiger partial charge in [0.1, 0.15) is 5.78 Å². The van der Waals surface area contributed by atoms with Gasteiger partial charge < -0.3 is 9.53 Å². The SMILES string of the molecule is COC(=O)C(C)CCC(C)=O. The second-order valence-corrected chi connectivity index (χ2v) is 2.66. The zero-order valence-corrected chi connectivity index (χ0v) is 7.22. The molecule has 0 aliphatic carbocycles. The van der Waals surface area contributed by atoms with Crippen LogP contribution in [-0.2, 0) is 14.3 Å². The summed E-state index contributed by atoms with van der Waals surface area (Å²) < 4.78 is 4.49. The third kappa shape index (κ3) is 4.53. The highest BCUT2D eigenvalue weighted by molar-refractivity contribution is 5.77. The lowest BCUT2D eigenvalue weighted by Gasteiger charge is -2.06. The summed E-state index contributed by atoms with van der Waals surface area (Å²) in [5, 5.41) is 0. The van der Waals surface area contributed by atoms with Crippen LogP contribution in [0.1, 0.15) is 26.7 Å². The monoisotopic (exact) mass is 158 g/mol. The van der Waals surface area contributed by atoms with Gasteiger partial charge in [0, 0.05) is 6.42 Å². The normalized spacial score (nSPS) is 12.3. The summed E-state index contributed by atoms with van der Waals surface area (Å²) >= 11 is 0. The molecule has 0 aromatic rings. The van der Waals surface area contributed by atoms with E-state index in [9.17, 15) is 9.59 Å². The Morgan fingerprint density at radius 1 is 1.45 bits per heavy atom. The van der Waals surface area contributed by atoms with Gasteiger partial charge >= 0.3 is 5.97 Å². The molecule has 0 spiro atoms. The molecule has 0 bridgehead atoms. The number of methoxy groups -OCH3 is 1.